The topological polar surface area (TPSA) is 54.4 Å². The Balaban J connectivity index is 2.05. The molecule has 2 N–H and O–H groups in total. The molecule has 96 valence electrons. The van der Waals surface area contributed by atoms with Crippen molar-refractivity contribution in [1.29, 1.82) is 0 Å². The van der Waals surface area contributed by atoms with Crippen LogP contribution in [-0.4, -0.2) is 17.2 Å². The molecule has 18 heavy (non-hydrogen) atoms. The molecule has 0 saturated heterocycles. The Morgan fingerprint density at radius 1 is 1.50 bits per heavy atom. The molecule has 0 spiro atoms. The van der Waals surface area contributed by atoms with Crippen LogP contribution in [0.1, 0.15) is 24.2 Å². The van der Waals surface area contributed by atoms with Gasteiger partial charge in [-0.3, -0.25) is 0 Å². The predicted octanol–water partition coefficient (Wildman–Crippen LogP) is 2.71. The molecule has 1 heterocycles. The number of phenols is 1. The van der Waals surface area contributed by atoms with Gasteiger partial charge in [0.15, 0.2) is 0 Å². The van der Waals surface area contributed by atoms with Crippen molar-refractivity contribution < 1.29 is 9.84 Å². The first kappa shape index (κ1) is 12.9. The predicted molar refractivity (Wildman–Crippen MR) is 72.0 cm³/mol. The lowest BCUT2D eigenvalue weighted by Gasteiger charge is -2.15. The lowest BCUT2D eigenvalue weighted by atomic mass is 10.1. The van der Waals surface area contributed by atoms with Crippen molar-refractivity contribution in [2.75, 3.05) is 7.11 Å². The summed E-state index contributed by atoms with van der Waals surface area (Å²) in [5.74, 6) is 1.01. The number of thiazole rings is 1. The molecule has 0 amide bonds. The number of rotatable bonds is 5. The Hall–Kier alpha value is -1.59. The molecule has 0 aliphatic carbocycles. The molecule has 4 nitrogen and oxygen atoms in total. The molecule has 1 unspecified atom stereocenters. The van der Waals surface area contributed by atoms with E-state index in [0.717, 1.165) is 17.0 Å². The van der Waals surface area contributed by atoms with Crippen molar-refractivity contribution in [2.24, 2.45) is 0 Å². The number of aromatic nitrogens is 1. The van der Waals surface area contributed by atoms with E-state index in [2.05, 4.69) is 10.3 Å². The molecule has 1 aromatic heterocycles. The summed E-state index contributed by atoms with van der Waals surface area (Å²) >= 11 is 1.58. The van der Waals surface area contributed by atoms with E-state index in [0.29, 0.717) is 6.54 Å². The quantitative estimate of drug-likeness (QED) is 0.872. The molecule has 1 atom stereocenters. The highest BCUT2D eigenvalue weighted by Gasteiger charge is 2.11. The first-order valence-corrected chi connectivity index (χ1v) is 6.62. The minimum absolute atomic E-state index is 0.0294. The number of nitrogens with zero attached hydrogens (tertiary/aromatic N) is 1. The van der Waals surface area contributed by atoms with Gasteiger partial charge in [-0.1, -0.05) is 0 Å². The fraction of sp³-hybridized carbons (Fsp3) is 0.308. The van der Waals surface area contributed by atoms with Gasteiger partial charge in [-0.2, -0.15) is 0 Å². The Labute approximate surface area is 110 Å². The van der Waals surface area contributed by atoms with Crippen LogP contribution in [0.4, 0.5) is 0 Å². The molecule has 0 aliphatic rings. The molecule has 1 aromatic carbocycles. The molecule has 5 heteroatoms. The van der Waals surface area contributed by atoms with Crippen LogP contribution in [0.15, 0.2) is 29.1 Å². The van der Waals surface area contributed by atoms with Crippen LogP contribution in [0.2, 0.25) is 0 Å². The van der Waals surface area contributed by atoms with Crippen molar-refractivity contribution in [3.63, 3.8) is 0 Å². The highest BCUT2D eigenvalue weighted by molar-refractivity contribution is 7.07. The molecule has 0 bridgehead atoms. The van der Waals surface area contributed by atoms with Gasteiger partial charge < -0.3 is 15.2 Å². The van der Waals surface area contributed by atoms with Crippen LogP contribution in [0.5, 0.6) is 11.5 Å². The first-order valence-electron chi connectivity index (χ1n) is 5.68. The molecule has 0 fully saturated rings. The SMILES string of the molecule is COc1ccc(O)c(C(C)NCc2cscn2)c1. The number of hydrogen-bond donors (Lipinski definition) is 2. The van der Waals surface area contributed by atoms with Crippen molar-refractivity contribution >= 4 is 11.3 Å². The van der Waals surface area contributed by atoms with Gasteiger partial charge in [0.25, 0.3) is 0 Å². The maximum absolute atomic E-state index is 9.85. The smallest absolute Gasteiger partial charge is 0.120 e. The first-order chi connectivity index (χ1) is 8.70. The Kier molecular flexibility index (Phi) is 4.17. The highest BCUT2D eigenvalue weighted by Crippen LogP contribution is 2.28. The Morgan fingerprint density at radius 2 is 2.33 bits per heavy atom. The van der Waals surface area contributed by atoms with Crippen molar-refractivity contribution in [1.82, 2.24) is 10.3 Å². The summed E-state index contributed by atoms with van der Waals surface area (Å²) in [5, 5.41) is 15.2. The summed E-state index contributed by atoms with van der Waals surface area (Å²) in [5.41, 5.74) is 3.64. The summed E-state index contributed by atoms with van der Waals surface area (Å²) < 4.78 is 5.16. The van der Waals surface area contributed by atoms with E-state index < -0.39 is 0 Å². The molecule has 2 aromatic rings. The summed E-state index contributed by atoms with van der Waals surface area (Å²) in [4.78, 5) is 4.21. The van der Waals surface area contributed by atoms with E-state index in [9.17, 15) is 5.11 Å². The van der Waals surface area contributed by atoms with Gasteiger partial charge in [0, 0.05) is 23.5 Å². The zero-order valence-electron chi connectivity index (χ0n) is 10.4. The average molecular weight is 264 g/mol. The molecular formula is C13H16N2O2S. The largest absolute Gasteiger partial charge is 0.508 e. The molecule has 0 saturated carbocycles. The molecule has 2 rings (SSSR count). The van der Waals surface area contributed by atoms with Crippen LogP contribution in [0, 0.1) is 0 Å². The minimum atomic E-state index is 0.0294. The van der Waals surface area contributed by atoms with E-state index in [4.69, 9.17) is 4.74 Å². The van der Waals surface area contributed by atoms with Gasteiger partial charge in [0.2, 0.25) is 0 Å². The number of nitrogens with one attached hydrogen (secondary N) is 1. The van der Waals surface area contributed by atoms with E-state index in [1.54, 1.807) is 30.6 Å². The van der Waals surface area contributed by atoms with Crippen molar-refractivity contribution in [3.05, 3.63) is 40.3 Å². The third-order valence-electron chi connectivity index (χ3n) is 2.77. The van der Waals surface area contributed by atoms with E-state index >= 15 is 0 Å². The van der Waals surface area contributed by atoms with Gasteiger partial charge in [0.1, 0.15) is 11.5 Å². The fourth-order valence-electron chi connectivity index (χ4n) is 1.70. The number of aromatic hydroxyl groups is 1. The van der Waals surface area contributed by atoms with Crippen molar-refractivity contribution in [3.8, 4) is 11.5 Å². The van der Waals surface area contributed by atoms with Crippen LogP contribution in [0.3, 0.4) is 0 Å². The van der Waals surface area contributed by atoms with Gasteiger partial charge in [-0.05, 0) is 25.1 Å². The van der Waals surface area contributed by atoms with Crippen LogP contribution < -0.4 is 10.1 Å². The lowest BCUT2D eigenvalue weighted by Crippen LogP contribution is -2.18. The van der Waals surface area contributed by atoms with E-state index in [1.807, 2.05) is 23.9 Å². The number of phenolic OH excluding ortho intramolecular Hbond substituents is 1. The average Bonchev–Trinajstić information content (AvgIpc) is 2.89. The number of methoxy groups -OCH3 is 1. The minimum Gasteiger partial charge on any atom is -0.508 e. The standard InChI is InChI=1S/C13H16N2O2S/c1-9(14-6-10-7-18-8-15-10)12-5-11(17-2)3-4-13(12)16/h3-5,7-9,14,16H,6H2,1-2H3. The number of benzene rings is 1. The maximum Gasteiger partial charge on any atom is 0.120 e. The normalized spacial score (nSPS) is 12.3. The second-order valence-electron chi connectivity index (χ2n) is 4.01. The molecule has 0 aliphatic heterocycles. The molecule has 0 radical (unpaired) electrons. The second-order valence-corrected chi connectivity index (χ2v) is 4.73. The Bertz CT molecular complexity index is 500. The van der Waals surface area contributed by atoms with Gasteiger partial charge in [-0.25, -0.2) is 4.98 Å². The highest BCUT2D eigenvalue weighted by atomic mass is 32.1. The van der Waals surface area contributed by atoms with Crippen molar-refractivity contribution in [2.45, 2.75) is 19.5 Å². The summed E-state index contributed by atoms with van der Waals surface area (Å²) in [6, 6.07) is 5.26. The number of hydrogen-bond acceptors (Lipinski definition) is 5. The van der Waals surface area contributed by atoms with Gasteiger partial charge in [-0.15, -0.1) is 11.3 Å². The van der Waals surface area contributed by atoms with Crippen LogP contribution in [0.25, 0.3) is 0 Å². The maximum atomic E-state index is 9.85. The zero-order valence-corrected chi connectivity index (χ0v) is 11.2. The monoisotopic (exact) mass is 264 g/mol. The summed E-state index contributed by atoms with van der Waals surface area (Å²) in [6.07, 6.45) is 0. The third-order valence-corrected chi connectivity index (χ3v) is 3.41. The summed E-state index contributed by atoms with van der Waals surface area (Å²) in [7, 11) is 1.61. The van der Waals surface area contributed by atoms with Crippen LogP contribution in [-0.2, 0) is 6.54 Å². The number of ether oxygens (including phenoxy) is 1. The second kappa shape index (κ2) is 5.84. The zero-order chi connectivity index (χ0) is 13.0. The van der Waals surface area contributed by atoms with Crippen LogP contribution >= 0.6 is 11.3 Å². The molecular weight excluding hydrogens is 248 g/mol. The van der Waals surface area contributed by atoms with Gasteiger partial charge in [0.05, 0.1) is 18.3 Å². The lowest BCUT2D eigenvalue weighted by molar-refractivity contribution is 0.407. The fourth-order valence-corrected chi connectivity index (χ4v) is 2.26. The Morgan fingerprint density at radius 3 is 3.00 bits per heavy atom. The van der Waals surface area contributed by atoms with E-state index in [-0.39, 0.29) is 11.8 Å². The third kappa shape index (κ3) is 3.00. The summed E-state index contributed by atoms with van der Waals surface area (Å²) in [6.45, 7) is 2.68. The van der Waals surface area contributed by atoms with E-state index in [1.165, 1.54) is 0 Å². The van der Waals surface area contributed by atoms with Gasteiger partial charge >= 0.3 is 0 Å².